The van der Waals surface area contributed by atoms with Gasteiger partial charge in [0.05, 0.1) is 24.5 Å². The number of nitrogens with zero attached hydrogens (tertiary/aromatic N) is 1. The van der Waals surface area contributed by atoms with Crippen molar-refractivity contribution in [1.82, 2.24) is 10.2 Å². The third-order valence-electron chi connectivity index (χ3n) is 3.55. The Balaban J connectivity index is 1.78. The number of benzene rings is 1. The number of para-hydroxylation sites is 1. The van der Waals surface area contributed by atoms with E-state index in [-0.39, 0.29) is 11.6 Å². The maximum Gasteiger partial charge on any atom is 0.253 e. The zero-order valence-electron chi connectivity index (χ0n) is 12.3. The Labute approximate surface area is 124 Å². The van der Waals surface area contributed by atoms with Gasteiger partial charge in [-0.3, -0.25) is 9.69 Å². The summed E-state index contributed by atoms with van der Waals surface area (Å²) in [7, 11) is 1.60. The summed E-state index contributed by atoms with van der Waals surface area (Å²) < 4.78 is 18.9. The van der Waals surface area contributed by atoms with Crippen molar-refractivity contribution in [3.8, 4) is 0 Å². The van der Waals surface area contributed by atoms with Gasteiger partial charge >= 0.3 is 0 Å². The number of nitrogens with one attached hydrogen (secondary N) is 2. The smallest absolute Gasteiger partial charge is 0.253 e. The van der Waals surface area contributed by atoms with E-state index in [4.69, 9.17) is 4.74 Å². The number of hydrogen-bond donors (Lipinski definition) is 2. The third-order valence-corrected chi connectivity index (χ3v) is 3.55. The number of ether oxygens (including phenoxy) is 1. The second-order valence-electron chi connectivity index (χ2n) is 4.98. The van der Waals surface area contributed by atoms with Crippen LogP contribution in [0.25, 0.3) is 0 Å². The van der Waals surface area contributed by atoms with Crippen molar-refractivity contribution in [1.29, 1.82) is 0 Å². The summed E-state index contributed by atoms with van der Waals surface area (Å²) in [5.41, 5.74) is 0.576. The van der Waals surface area contributed by atoms with Crippen molar-refractivity contribution >= 4 is 11.6 Å². The van der Waals surface area contributed by atoms with E-state index in [1.807, 2.05) is 0 Å². The van der Waals surface area contributed by atoms with Gasteiger partial charge in [-0.05, 0) is 25.1 Å². The normalized spacial score (nSPS) is 15.7. The Morgan fingerprint density at radius 2 is 2.14 bits per heavy atom. The van der Waals surface area contributed by atoms with Crippen LogP contribution in [0.1, 0.15) is 16.8 Å². The van der Waals surface area contributed by atoms with Gasteiger partial charge in [0.1, 0.15) is 5.82 Å². The SMILES string of the molecule is CNc1c(F)cccc1C(=O)NCCCN1CCOCC1. The Hall–Kier alpha value is -1.66. The van der Waals surface area contributed by atoms with Crippen LogP contribution in [-0.4, -0.2) is 57.2 Å². The van der Waals surface area contributed by atoms with Gasteiger partial charge in [0.15, 0.2) is 0 Å². The van der Waals surface area contributed by atoms with Crippen LogP contribution < -0.4 is 10.6 Å². The minimum atomic E-state index is -0.418. The molecule has 0 bridgehead atoms. The first kappa shape index (κ1) is 15.7. The molecule has 116 valence electrons. The van der Waals surface area contributed by atoms with Crippen LogP contribution in [0.15, 0.2) is 18.2 Å². The molecular weight excluding hydrogens is 273 g/mol. The topological polar surface area (TPSA) is 53.6 Å². The highest BCUT2D eigenvalue weighted by Crippen LogP contribution is 2.18. The number of amides is 1. The van der Waals surface area contributed by atoms with Gasteiger partial charge in [-0.25, -0.2) is 4.39 Å². The molecule has 0 unspecified atom stereocenters. The molecule has 0 saturated carbocycles. The van der Waals surface area contributed by atoms with Crippen LogP contribution in [0.2, 0.25) is 0 Å². The minimum absolute atomic E-state index is 0.239. The summed E-state index contributed by atoms with van der Waals surface area (Å²) in [6, 6.07) is 4.49. The van der Waals surface area contributed by atoms with Gasteiger partial charge < -0.3 is 15.4 Å². The fourth-order valence-corrected chi connectivity index (χ4v) is 2.39. The highest BCUT2D eigenvalue weighted by molar-refractivity contribution is 5.99. The van der Waals surface area contributed by atoms with Crippen molar-refractivity contribution in [2.75, 3.05) is 51.8 Å². The third kappa shape index (κ3) is 4.41. The predicted molar refractivity (Wildman–Crippen MR) is 80.2 cm³/mol. The highest BCUT2D eigenvalue weighted by atomic mass is 19.1. The van der Waals surface area contributed by atoms with Crippen LogP contribution in [0.5, 0.6) is 0 Å². The van der Waals surface area contributed by atoms with Crippen LogP contribution in [0, 0.1) is 5.82 Å². The van der Waals surface area contributed by atoms with Crippen molar-refractivity contribution in [2.45, 2.75) is 6.42 Å². The van der Waals surface area contributed by atoms with Gasteiger partial charge in [-0.1, -0.05) is 6.07 Å². The summed E-state index contributed by atoms with van der Waals surface area (Å²) in [6.07, 6.45) is 0.871. The molecule has 2 N–H and O–H groups in total. The number of morpholine rings is 1. The molecule has 1 aliphatic heterocycles. The number of rotatable bonds is 6. The molecule has 1 amide bonds. The zero-order valence-corrected chi connectivity index (χ0v) is 12.3. The Bertz CT molecular complexity index is 476. The van der Waals surface area contributed by atoms with Gasteiger partial charge in [0.2, 0.25) is 0 Å². The van der Waals surface area contributed by atoms with Crippen LogP contribution in [0.3, 0.4) is 0 Å². The van der Waals surface area contributed by atoms with Crippen molar-refractivity contribution < 1.29 is 13.9 Å². The molecule has 5 nitrogen and oxygen atoms in total. The molecule has 0 atom stereocenters. The van der Waals surface area contributed by atoms with Gasteiger partial charge in [-0.2, -0.15) is 0 Å². The molecule has 1 aliphatic rings. The van der Waals surface area contributed by atoms with Crippen LogP contribution >= 0.6 is 0 Å². The van der Waals surface area contributed by atoms with Gasteiger partial charge in [0, 0.05) is 26.7 Å². The molecular formula is C15H22FN3O2. The standard InChI is InChI=1S/C15H22FN3O2/c1-17-14-12(4-2-5-13(14)16)15(20)18-6-3-7-19-8-10-21-11-9-19/h2,4-5,17H,3,6-11H2,1H3,(H,18,20). The van der Waals surface area contributed by atoms with Gasteiger partial charge in [-0.15, -0.1) is 0 Å². The molecule has 1 aromatic rings. The molecule has 2 rings (SSSR count). The lowest BCUT2D eigenvalue weighted by Gasteiger charge is -2.26. The fraction of sp³-hybridized carbons (Fsp3) is 0.533. The number of halogens is 1. The van der Waals surface area contributed by atoms with E-state index in [2.05, 4.69) is 15.5 Å². The number of anilines is 1. The first-order valence-corrected chi connectivity index (χ1v) is 7.27. The molecule has 0 aliphatic carbocycles. The molecule has 6 heteroatoms. The van der Waals surface area contributed by atoms with E-state index >= 15 is 0 Å². The zero-order chi connectivity index (χ0) is 15.1. The monoisotopic (exact) mass is 295 g/mol. The summed E-state index contributed by atoms with van der Waals surface area (Å²) in [6.45, 7) is 4.97. The molecule has 1 saturated heterocycles. The average Bonchev–Trinajstić information content (AvgIpc) is 2.52. The Morgan fingerprint density at radius 1 is 1.38 bits per heavy atom. The largest absolute Gasteiger partial charge is 0.385 e. The summed E-state index contributed by atoms with van der Waals surface area (Å²) in [5.74, 6) is -0.667. The van der Waals surface area contributed by atoms with Crippen molar-refractivity contribution in [2.24, 2.45) is 0 Å². The predicted octanol–water partition coefficient (Wildman–Crippen LogP) is 1.32. The number of carbonyl (C=O) groups excluding carboxylic acids is 1. The first-order valence-electron chi connectivity index (χ1n) is 7.27. The summed E-state index contributed by atoms with van der Waals surface area (Å²) in [4.78, 5) is 14.4. The van der Waals surface area contributed by atoms with E-state index in [0.29, 0.717) is 12.1 Å². The highest BCUT2D eigenvalue weighted by Gasteiger charge is 2.14. The molecule has 0 spiro atoms. The van der Waals surface area contributed by atoms with Crippen molar-refractivity contribution in [3.05, 3.63) is 29.6 Å². The summed E-state index contributed by atoms with van der Waals surface area (Å²) in [5, 5.41) is 5.57. The maximum atomic E-state index is 13.6. The van der Waals surface area contributed by atoms with E-state index in [1.54, 1.807) is 19.2 Å². The number of hydrogen-bond acceptors (Lipinski definition) is 4. The maximum absolute atomic E-state index is 13.6. The average molecular weight is 295 g/mol. The first-order chi connectivity index (χ1) is 10.2. The summed E-state index contributed by atoms with van der Waals surface area (Å²) >= 11 is 0. The quantitative estimate of drug-likeness (QED) is 0.777. The lowest BCUT2D eigenvalue weighted by molar-refractivity contribution is 0.0374. The van der Waals surface area contributed by atoms with E-state index in [1.165, 1.54) is 6.07 Å². The molecule has 1 aromatic carbocycles. The second kappa shape index (κ2) is 7.95. The lowest BCUT2D eigenvalue weighted by Crippen LogP contribution is -2.38. The lowest BCUT2D eigenvalue weighted by atomic mass is 10.1. The molecule has 1 fully saturated rings. The van der Waals surface area contributed by atoms with Crippen LogP contribution in [0.4, 0.5) is 10.1 Å². The molecule has 21 heavy (non-hydrogen) atoms. The Kier molecular flexibility index (Phi) is 5.95. The molecule has 1 heterocycles. The van der Waals surface area contributed by atoms with Crippen LogP contribution in [-0.2, 0) is 4.74 Å². The fourth-order valence-electron chi connectivity index (χ4n) is 2.39. The van der Waals surface area contributed by atoms with E-state index in [0.717, 1.165) is 39.3 Å². The number of carbonyl (C=O) groups is 1. The van der Waals surface area contributed by atoms with Crippen molar-refractivity contribution in [3.63, 3.8) is 0 Å². The molecule has 0 aromatic heterocycles. The van der Waals surface area contributed by atoms with E-state index < -0.39 is 5.82 Å². The van der Waals surface area contributed by atoms with Gasteiger partial charge in [0.25, 0.3) is 5.91 Å². The second-order valence-corrected chi connectivity index (χ2v) is 4.98. The Morgan fingerprint density at radius 3 is 2.86 bits per heavy atom. The molecule has 0 radical (unpaired) electrons. The van der Waals surface area contributed by atoms with E-state index in [9.17, 15) is 9.18 Å². The minimum Gasteiger partial charge on any atom is -0.385 e.